The molecule has 7 heteroatoms. The molecule has 0 fully saturated rings. The van der Waals surface area contributed by atoms with Gasteiger partial charge in [-0.1, -0.05) is 13.8 Å². The maximum atomic E-state index is 12.4. The molecule has 0 spiro atoms. The van der Waals surface area contributed by atoms with Crippen LogP contribution in [-0.4, -0.2) is 30.8 Å². The molecule has 1 rings (SSSR count). The fourth-order valence-corrected chi connectivity index (χ4v) is 1.50. The first kappa shape index (κ1) is 14.8. The van der Waals surface area contributed by atoms with Crippen LogP contribution in [0.4, 0.5) is 19.2 Å². The summed E-state index contributed by atoms with van der Waals surface area (Å²) in [6, 6.07) is 0.0297. The topological polar surface area (TPSA) is 41.3 Å². The van der Waals surface area contributed by atoms with Crippen LogP contribution in [0.3, 0.4) is 0 Å². The van der Waals surface area contributed by atoms with Crippen molar-refractivity contribution < 1.29 is 17.6 Å². The van der Waals surface area contributed by atoms with Crippen molar-refractivity contribution in [1.82, 2.24) is 10.3 Å². The highest BCUT2D eigenvalue weighted by Crippen LogP contribution is 2.21. The number of hydrogen-bond donors (Lipinski definition) is 1. The van der Waals surface area contributed by atoms with E-state index >= 15 is 0 Å². The first-order chi connectivity index (χ1) is 8.46. The minimum Gasteiger partial charge on any atom is -0.432 e. The molecule has 0 atom stereocenters. The van der Waals surface area contributed by atoms with E-state index in [-0.39, 0.29) is 12.6 Å². The van der Waals surface area contributed by atoms with E-state index in [2.05, 4.69) is 10.3 Å². The zero-order chi connectivity index (χ0) is 13.6. The molecule has 0 aliphatic carbocycles. The van der Waals surface area contributed by atoms with Gasteiger partial charge >= 0.3 is 6.18 Å². The third-order valence-corrected chi connectivity index (χ3v) is 2.23. The normalized spacial score (nSPS) is 11.8. The van der Waals surface area contributed by atoms with E-state index in [1.165, 1.54) is 6.26 Å². The van der Waals surface area contributed by atoms with Crippen LogP contribution < -0.4 is 10.2 Å². The third kappa shape index (κ3) is 4.95. The van der Waals surface area contributed by atoms with E-state index in [0.29, 0.717) is 18.7 Å². The van der Waals surface area contributed by atoms with Crippen molar-refractivity contribution >= 4 is 6.01 Å². The number of rotatable bonds is 7. The second-order valence-corrected chi connectivity index (χ2v) is 3.94. The Morgan fingerprint density at radius 1 is 1.39 bits per heavy atom. The highest BCUT2D eigenvalue weighted by molar-refractivity contribution is 5.27. The van der Waals surface area contributed by atoms with Crippen LogP contribution in [-0.2, 0) is 6.54 Å². The monoisotopic (exact) mass is 265 g/mol. The SMILES string of the molecule is CCCN(CC(F)(F)F)c1nc(CNCC)co1. The van der Waals surface area contributed by atoms with Crippen LogP contribution in [0.15, 0.2) is 10.7 Å². The van der Waals surface area contributed by atoms with Gasteiger partial charge in [0, 0.05) is 13.1 Å². The largest absolute Gasteiger partial charge is 0.432 e. The molecule has 0 unspecified atom stereocenters. The zero-order valence-corrected chi connectivity index (χ0v) is 10.5. The standard InChI is InChI=1S/C11H18F3N3O/c1-3-5-17(8-11(12,13)14)10-16-9(7-18-10)6-15-4-2/h7,15H,3-6,8H2,1-2H3. The van der Waals surface area contributed by atoms with Crippen molar-refractivity contribution in [3.05, 3.63) is 12.0 Å². The molecule has 0 saturated heterocycles. The third-order valence-electron chi connectivity index (χ3n) is 2.23. The molecule has 1 heterocycles. The Kier molecular flexibility index (Phi) is 5.46. The number of nitrogens with zero attached hydrogens (tertiary/aromatic N) is 2. The van der Waals surface area contributed by atoms with Crippen LogP contribution in [0.25, 0.3) is 0 Å². The molecule has 0 aliphatic rings. The number of anilines is 1. The quantitative estimate of drug-likeness (QED) is 0.822. The average molecular weight is 265 g/mol. The molecular formula is C11H18F3N3O. The van der Waals surface area contributed by atoms with Gasteiger partial charge in [-0.2, -0.15) is 18.2 Å². The summed E-state index contributed by atoms with van der Waals surface area (Å²) in [7, 11) is 0. The first-order valence-corrected chi connectivity index (χ1v) is 5.93. The Bertz CT molecular complexity index is 352. The highest BCUT2D eigenvalue weighted by atomic mass is 19.4. The summed E-state index contributed by atoms with van der Waals surface area (Å²) in [5.41, 5.74) is 0.607. The Labute approximate surface area is 104 Å². The van der Waals surface area contributed by atoms with Crippen molar-refractivity contribution in [1.29, 1.82) is 0 Å². The second-order valence-electron chi connectivity index (χ2n) is 3.94. The molecule has 1 aromatic heterocycles. The number of aromatic nitrogens is 1. The molecule has 0 aliphatic heterocycles. The van der Waals surface area contributed by atoms with E-state index in [1.807, 2.05) is 13.8 Å². The lowest BCUT2D eigenvalue weighted by molar-refractivity contribution is -0.120. The zero-order valence-electron chi connectivity index (χ0n) is 10.5. The highest BCUT2D eigenvalue weighted by Gasteiger charge is 2.32. The molecule has 4 nitrogen and oxygen atoms in total. The summed E-state index contributed by atoms with van der Waals surface area (Å²) >= 11 is 0. The van der Waals surface area contributed by atoms with E-state index in [1.54, 1.807) is 0 Å². The van der Waals surface area contributed by atoms with Gasteiger partial charge in [0.15, 0.2) is 0 Å². The van der Waals surface area contributed by atoms with Crippen molar-refractivity contribution in [2.45, 2.75) is 33.0 Å². The Hall–Kier alpha value is -1.24. The number of halogens is 3. The summed E-state index contributed by atoms with van der Waals surface area (Å²) in [4.78, 5) is 5.15. The average Bonchev–Trinajstić information content (AvgIpc) is 2.72. The summed E-state index contributed by atoms with van der Waals surface area (Å²) in [5.74, 6) is 0. The fourth-order valence-electron chi connectivity index (χ4n) is 1.50. The molecule has 0 bridgehead atoms. The van der Waals surface area contributed by atoms with Gasteiger partial charge in [0.25, 0.3) is 6.01 Å². The van der Waals surface area contributed by atoms with Crippen LogP contribution in [0.2, 0.25) is 0 Å². The van der Waals surface area contributed by atoms with Crippen LogP contribution in [0, 0.1) is 0 Å². The smallest absolute Gasteiger partial charge is 0.406 e. The fraction of sp³-hybridized carbons (Fsp3) is 0.727. The van der Waals surface area contributed by atoms with Crippen molar-refractivity contribution in [3.8, 4) is 0 Å². The molecule has 0 amide bonds. The molecule has 0 radical (unpaired) electrons. The molecular weight excluding hydrogens is 247 g/mol. The predicted octanol–water partition coefficient (Wildman–Crippen LogP) is 2.56. The lowest BCUT2D eigenvalue weighted by atomic mass is 10.4. The number of oxazole rings is 1. The number of alkyl halides is 3. The van der Waals surface area contributed by atoms with Crippen LogP contribution in [0.1, 0.15) is 26.0 Å². The van der Waals surface area contributed by atoms with Gasteiger partial charge in [-0.05, 0) is 13.0 Å². The Balaban J connectivity index is 2.69. The van der Waals surface area contributed by atoms with Gasteiger partial charge in [-0.3, -0.25) is 0 Å². The first-order valence-electron chi connectivity index (χ1n) is 5.93. The van der Waals surface area contributed by atoms with E-state index in [9.17, 15) is 13.2 Å². The number of hydrogen-bond acceptors (Lipinski definition) is 4. The van der Waals surface area contributed by atoms with E-state index in [4.69, 9.17) is 4.42 Å². The Morgan fingerprint density at radius 3 is 2.67 bits per heavy atom. The van der Waals surface area contributed by atoms with Gasteiger partial charge in [-0.25, -0.2) is 0 Å². The lowest BCUT2D eigenvalue weighted by Crippen LogP contribution is -2.35. The molecule has 1 N–H and O–H groups in total. The Morgan fingerprint density at radius 2 is 2.11 bits per heavy atom. The molecule has 104 valence electrons. The van der Waals surface area contributed by atoms with Crippen molar-refractivity contribution in [2.75, 3.05) is 24.5 Å². The summed E-state index contributed by atoms with van der Waals surface area (Å²) in [6.45, 7) is 4.23. The van der Waals surface area contributed by atoms with E-state index < -0.39 is 12.7 Å². The minimum absolute atomic E-state index is 0.0297. The molecule has 0 saturated carbocycles. The van der Waals surface area contributed by atoms with Gasteiger partial charge in [0.2, 0.25) is 0 Å². The van der Waals surface area contributed by atoms with E-state index in [0.717, 1.165) is 11.4 Å². The molecule has 0 aromatic carbocycles. The summed E-state index contributed by atoms with van der Waals surface area (Å²) in [6.07, 6.45) is -2.27. The minimum atomic E-state index is -4.26. The maximum Gasteiger partial charge on any atom is 0.406 e. The van der Waals surface area contributed by atoms with Crippen LogP contribution >= 0.6 is 0 Å². The van der Waals surface area contributed by atoms with Gasteiger partial charge in [-0.15, -0.1) is 0 Å². The van der Waals surface area contributed by atoms with Crippen LogP contribution in [0.5, 0.6) is 0 Å². The van der Waals surface area contributed by atoms with Crippen molar-refractivity contribution in [3.63, 3.8) is 0 Å². The molecule has 18 heavy (non-hydrogen) atoms. The molecule has 1 aromatic rings. The summed E-state index contributed by atoms with van der Waals surface area (Å²) in [5, 5.41) is 3.03. The van der Waals surface area contributed by atoms with Gasteiger partial charge < -0.3 is 14.6 Å². The lowest BCUT2D eigenvalue weighted by Gasteiger charge is -2.21. The summed E-state index contributed by atoms with van der Waals surface area (Å²) < 4.78 is 42.3. The number of nitrogens with one attached hydrogen (secondary N) is 1. The van der Waals surface area contributed by atoms with Gasteiger partial charge in [0.05, 0.1) is 5.69 Å². The van der Waals surface area contributed by atoms with Gasteiger partial charge in [0.1, 0.15) is 12.8 Å². The predicted molar refractivity (Wildman–Crippen MR) is 62.4 cm³/mol. The second kappa shape index (κ2) is 6.63. The maximum absolute atomic E-state index is 12.4. The van der Waals surface area contributed by atoms with Crippen molar-refractivity contribution in [2.24, 2.45) is 0 Å².